The zero-order valence-corrected chi connectivity index (χ0v) is 11.0. The van der Waals surface area contributed by atoms with Gasteiger partial charge in [0.05, 0.1) is 32.3 Å². The highest BCUT2D eigenvalue weighted by Gasteiger charge is 2.07. The van der Waals surface area contributed by atoms with E-state index in [9.17, 15) is 14.3 Å². The van der Waals surface area contributed by atoms with E-state index in [0.29, 0.717) is 19.6 Å². The van der Waals surface area contributed by atoms with Crippen LogP contribution in [0.15, 0.2) is 30.5 Å². The molecule has 0 fully saturated rings. The number of hydrogen-bond donors (Lipinski definition) is 1. The van der Waals surface area contributed by atoms with Crippen molar-refractivity contribution in [2.75, 3.05) is 13.6 Å². The predicted octanol–water partition coefficient (Wildman–Crippen LogP) is -1.50. The fraction of sp³-hybridized carbons (Fsp3) is 0.308. The summed E-state index contributed by atoms with van der Waals surface area (Å²) in [6, 6.07) is 6.47. The summed E-state index contributed by atoms with van der Waals surface area (Å²) in [6.45, 7) is 1.92. The van der Waals surface area contributed by atoms with Crippen molar-refractivity contribution in [3.63, 3.8) is 0 Å². The van der Waals surface area contributed by atoms with Gasteiger partial charge in [0, 0.05) is 5.56 Å². The third-order valence-corrected chi connectivity index (χ3v) is 2.91. The second-order valence-electron chi connectivity index (χ2n) is 4.67. The Hall–Kier alpha value is -2.28. The lowest BCUT2D eigenvalue weighted by Gasteiger charge is -2.13. The lowest BCUT2D eigenvalue weighted by molar-refractivity contribution is -0.894. The SMILES string of the molecule is C[NH+](CCn1cc(C(=O)[O-])nn1)Cc1cccc(F)c1. The van der Waals surface area contributed by atoms with E-state index in [1.807, 2.05) is 13.1 Å². The minimum atomic E-state index is -1.34. The molecule has 1 aromatic carbocycles. The van der Waals surface area contributed by atoms with Gasteiger partial charge in [0.2, 0.25) is 0 Å². The number of quaternary nitrogens is 1. The van der Waals surface area contributed by atoms with Gasteiger partial charge in [-0.1, -0.05) is 17.3 Å². The second kappa shape index (κ2) is 6.25. The number of halogens is 1. The van der Waals surface area contributed by atoms with Gasteiger partial charge in [0.25, 0.3) is 0 Å². The van der Waals surface area contributed by atoms with Gasteiger partial charge in [-0.05, 0) is 12.1 Å². The Morgan fingerprint density at radius 2 is 2.30 bits per heavy atom. The Morgan fingerprint density at radius 1 is 1.50 bits per heavy atom. The fourth-order valence-corrected chi connectivity index (χ4v) is 1.89. The average Bonchev–Trinajstić information content (AvgIpc) is 2.85. The molecule has 1 aromatic heterocycles. The number of carbonyl (C=O) groups excluding carboxylic acids is 1. The number of nitrogens with one attached hydrogen (secondary N) is 1. The summed E-state index contributed by atoms with van der Waals surface area (Å²) < 4.78 is 14.5. The van der Waals surface area contributed by atoms with Crippen molar-refractivity contribution < 1.29 is 19.2 Å². The van der Waals surface area contributed by atoms with Gasteiger partial charge in [-0.3, -0.25) is 0 Å². The van der Waals surface area contributed by atoms with Crippen molar-refractivity contribution >= 4 is 5.97 Å². The van der Waals surface area contributed by atoms with Gasteiger partial charge in [-0.25, -0.2) is 9.07 Å². The predicted molar refractivity (Wildman–Crippen MR) is 66.2 cm³/mol. The van der Waals surface area contributed by atoms with E-state index in [2.05, 4.69) is 10.3 Å². The van der Waals surface area contributed by atoms with E-state index in [0.717, 1.165) is 10.5 Å². The fourth-order valence-electron chi connectivity index (χ4n) is 1.89. The molecule has 0 bridgehead atoms. The maximum atomic E-state index is 13.1. The van der Waals surface area contributed by atoms with Crippen molar-refractivity contribution in [2.45, 2.75) is 13.1 Å². The molecule has 2 aromatic rings. The van der Waals surface area contributed by atoms with Crippen LogP contribution in [0.5, 0.6) is 0 Å². The lowest BCUT2D eigenvalue weighted by Crippen LogP contribution is -3.08. The third-order valence-electron chi connectivity index (χ3n) is 2.91. The molecule has 1 heterocycles. The number of carbonyl (C=O) groups is 1. The first kappa shape index (κ1) is 14.1. The van der Waals surface area contributed by atoms with Crippen LogP contribution in [-0.4, -0.2) is 34.6 Å². The number of aromatic nitrogens is 3. The Bertz CT molecular complexity index is 600. The quantitative estimate of drug-likeness (QED) is 0.697. The van der Waals surface area contributed by atoms with Gasteiger partial charge in [-0.15, -0.1) is 5.10 Å². The first-order valence-corrected chi connectivity index (χ1v) is 6.22. The van der Waals surface area contributed by atoms with Gasteiger partial charge >= 0.3 is 0 Å². The van der Waals surface area contributed by atoms with E-state index in [4.69, 9.17) is 0 Å². The van der Waals surface area contributed by atoms with E-state index < -0.39 is 5.97 Å². The van der Waals surface area contributed by atoms with Crippen LogP contribution in [0, 0.1) is 5.82 Å². The second-order valence-corrected chi connectivity index (χ2v) is 4.67. The van der Waals surface area contributed by atoms with Crippen LogP contribution in [0.1, 0.15) is 16.1 Å². The summed E-state index contributed by atoms with van der Waals surface area (Å²) in [5, 5.41) is 17.7. The Morgan fingerprint density at radius 3 is 2.95 bits per heavy atom. The molecule has 0 saturated heterocycles. The Labute approximate surface area is 115 Å². The maximum Gasteiger partial charge on any atom is 0.128 e. The van der Waals surface area contributed by atoms with E-state index in [-0.39, 0.29) is 11.5 Å². The standard InChI is InChI=1S/C13H15FN4O2/c1-17(8-10-3-2-4-11(14)7-10)5-6-18-9-12(13(19)20)15-16-18/h2-4,7,9H,5-6,8H2,1H3,(H,19,20). The highest BCUT2D eigenvalue weighted by atomic mass is 19.1. The molecule has 20 heavy (non-hydrogen) atoms. The molecule has 2 rings (SSSR count). The maximum absolute atomic E-state index is 13.1. The minimum Gasteiger partial charge on any atom is -0.543 e. The smallest absolute Gasteiger partial charge is 0.128 e. The van der Waals surface area contributed by atoms with Crippen LogP contribution < -0.4 is 10.0 Å². The molecule has 106 valence electrons. The molecular weight excluding hydrogens is 263 g/mol. The molecule has 1 N–H and O–H groups in total. The molecule has 1 unspecified atom stereocenters. The zero-order valence-electron chi connectivity index (χ0n) is 11.0. The number of rotatable bonds is 6. The summed E-state index contributed by atoms with van der Waals surface area (Å²) in [5.74, 6) is -1.58. The topological polar surface area (TPSA) is 75.3 Å². The third kappa shape index (κ3) is 3.86. The van der Waals surface area contributed by atoms with Crippen molar-refractivity contribution in [1.82, 2.24) is 15.0 Å². The number of benzene rings is 1. The number of hydrogen-bond acceptors (Lipinski definition) is 4. The molecule has 0 spiro atoms. The monoisotopic (exact) mass is 278 g/mol. The first-order valence-electron chi connectivity index (χ1n) is 6.22. The molecule has 7 heteroatoms. The van der Waals surface area contributed by atoms with Gasteiger partial charge in [0.15, 0.2) is 0 Å². The Balaban J connectivity index is 1.85. The van der Waals surface area contributed by atoms with Crippen LogP contribution in [0.3, 0.4) is 0 Å². The molecule has 0 aliphatic carbocycles. The summed E-state index contributed by atoms with van der Waals surface area (Å²) in [5.41, 5.74) is 0.740. The number of carboxylic acid groups (broad SMARTS) is 1. The highest BCUT2D eigenvalue weighted by Crippen LogP contribution is 2.01. The van der Waals surface area contributed by atoms with E-state index in [1.165, 1.54) is 23.0 Å². The van der Waals surface area contributed by atoms with Crippen molar-refractivity contribution in [1.29, 1.82) is 0 Å². The van der Waals surface area contributed by atoms with Crippen LogP contribution in [-0.2, 0) is 13.1 Å². The molecule has 0 aliphatic heterocycles. The largest absolute Gasteiger partial charge is 0.543 e. The molecule has 0 radical (unpaired) electrons. The number of carboxylic acids is 1. The number of aromatic carboxylic acids is 1. The summed E-state index contributed by atoms with van der Waals surface area (Å²) >= 11 is 0. The van der Waals surface area contributed by atoms with Crippen LogP contribution in [0.2, 0.25) is 0 Å². The van der Waals surface area contributed by atoms with Gasteiger partial charge in [0.1, 0.15) is 18.1 Å². The van der Waals surface area contributed by atoms with Gasteiger partial charge in [-0.2, -0.15) is 0 Å². The van der Waals surface area contributed by atoms with Crippen LogP contribution >= 0.6 is 0 Å². The van der Waals surface area contributed by atoms with Crippen molar-refractivity contribution in [3.05, 3.63) is 47.5 Å². The lowest BCUT2D eigenvalue weighted by atomic mass is 10.2. The zero-order chi connectivity index (χ0) is 14.5. The highest BCUT2D eigenvalue weighted by molar-refractivity contribution is 5.82. The summed E-state index contributed by atoms with van der Waals surface area (Å²) in [6.07, 6.45) is 1.34. The number of nitrogens with zero attached hydrogens (tertiary/aromatic N) is 3. The van der Waals surface area contributed by atoms with Crippen LogP contribution in [0.25, 0.3) is 0 Å². The first-order chi connectivity index (χ1) is 9.54. The van der Waals surface area contributed by atoms with E-state index in [1.54, 1.807) is 6.07 Å². The molecule has 1 atom stereocenters. The van der Waals surface area contributed by atoms with Crippen molar-refractivity contribution in [2.24, 2.45) is 0 Å². The molecule has 0 amide bonds. The summed E-state index contributed by atoms with van der Waals surface area (Å²) in [4.78, 5) is 11.7. The van der Waals surface area contributed by atoms with E-state index >= 15 is 0 Å². The van der Waals surface area contributed by atoms with Crippen LogP contribution in [0.4, 0.5) is 4.39 Å². The minimum absolute atomic E-state index is 0.173. The Kier molecular flexibility index (Phi) is 4.41. The molecule has 0 aliphatic rings. The molecule has 0 saturated carbocycles. The van der Waals surface area contributed by atoms with Crippen molar-refractivity contribution in [3.8, 4) is 0 Å². The van der Waals surface area contributed by atoms with Gasteiger partial charge < -0.3 is 14.8 Å². The normalized spacial score (nSPS) is 12.3. The summed E-state index contributed by atoms with van der Waals surface area (Å²) in [7, 11) is 1.97. The molecule has 6 nitrogen and oxygen atoms in total. The number of likely N-dealkylation sites (N-methyl/N-ethyl adjacent to an activating group) is 1. The molecular formula is C13H15FN4O2. The average molecular weight is 278 g/mol.